The lowest BCUT2D eigenvalue weighted by molar-refractivity contribution is 0.101. The van der Waals surface area contributed by atoms with Crippen LogP contribution in [-0.2, 0) is 11.8 Å². The molecule has 2 heterocycles. The fraction of sp³-hybridized carbons (Fsp3) is 0.379. The lowest BCUT2D eigenvalue weighted by Crippen LogP contribution is -2.36. The van der Waals surface area contributed by atoms with Gasteiger partial charge in [0.05, 0.1) is 0 Å². The Hall–Kier alpha value is -3.45. The van der Waals surface area contributed by atoms with Crippen molar-refractivity contribution >= 4 is 28.5 Å². The molecule has 1 aliphatic carbocycles. The summed E-state index contributed by atoms with van der Waals surface area (Å²) in [4.78, 5) is 31.7. The SMILES string of the molecule is CC(C)(C)c1ccc(C(=O)Nn2c(CCC3CCCC3)nc3c(-c4ccc(Cl)cc4)n[nH]c3c2=O)cc1. The van der Waals surface area contributed by atoms with E-state index in [0.717, 1.165) is 17.5 Å². The number of hydrogen-bond acceptors (Lipinski definition) is 4. The first-order valence-electron chi connectivity index (χ1n) is 12.9. The van der Waals surface area contributed by atoms with E-state index in [1.165, 1.54) is 30.4 Å². The largest absolute Gasteiger partial charge is 0.298 e. The van der Waals surface area contributed by atoms with Gasteiger partial charge >= 0.3 is 0 Å². The van der Waals surface area contributed by atoms with E-state index in [9.17, 15) is 9.59 Å². The first-order chi connectivity index (χ1) is 17.7. The second kappa shape index (κ2) is 10.1. The van der Waals surface area contributed by atoms with Gasteiger partial charge in [-0.15, -0.1) is 0 Å². The van der Waals surface area contributed by atoms with Crippen molar-refractivity contribution in [3.8, 4) is 11.3 Å². The number of aryl methyl sites for hydroxylation is 1. The number of halogens is 1. The number of carbonyl (C=O) groups is 1. The number of aromatic amines is 1. The standard InChI is InChI=1S/C29H32ClN5O2/c1-29(2,3)21-13-9-20(10-14-21)27(36)34-35-23(17-8-18-6-4-5-7-18)31-25-24(32-33-26(25)28(35)37)19-11-15-22(30)16-12-19/h9-16,18H,4-8,17H2,1-3H3,(H,32,33)(H,34,36). The van der Waals surface area contributed by atoms with Crippen LogP contribution in [0.5, 0.6) is 0 Å². The first kappa shape index (κ1) is 25.2. The summed E-state index contributed by atoms with van der Waals surface area (Å²) >= 11 is 6.06. The minimum Gasteiger partial charge on any atom is -0.270 e. The van der Waals surface area contributed by atoms with Crippen LogP contribution < -0.4 is 11.0 Å². The summed E-state index contributed by atoms with van der Waals surface area (Å²) in [5.41, 5.74) is 6.17. The van der Waals surface area contributed by atoms with Crippen LogP contribution >= 0.6 is 11.6 Å². The Morgan fingerprint density at radius 2 is 1.76 bits per heavy atom. The predicted molar refractivity (Wildman–Crippen MR) is 148 cm³/mol. The van der Waals surface area contributed by atoms with Gasteiger partial charge in [-0.05, 0) is 47.6 Å². The highest BCUT2D eigenvalue weighted by molar-refractivity contribution is 6.30. The number of hydrogen-bond donors (Lipinski definition) is 2. The number of fused-ring (bicyclic) bond motifs is 1. The van der Waals surface area contributed by atoms with Gasteiger partial charge in [0, 0.05) is 22.6 Å². The molecule has 4 aromatic rings. The number of nitrogens with one attached hydrogen (secondary N) is 2. The second-order valence-corrected chi connectivity index (χ2v) is 11.4. The number of aromatic nitrogens is 4. The van der Waals surface area contributed by atoms with Crippen molar-refractivity contribution < 1.29 is 4.79 Å². The molecular weight excluding hydrogens is 486 g/mol. The Labute approximate surface area is 221 Å². The number of carbonyl (C=O) groups excluding carboxylic acids is 1. The maximum absolute atomic E-state index is 13.6. The number of amides is 1. The maximum Gasteiger partial charge on any atom is 0.298 e. The van der Waals surface area contributed by atoms with Gasteiger partial charge in [0.15, 0.2) is 5.52 Å². The van der Waals surface area contributed by atoms with Crippen molar-refractivity contribution in [3.63, 3.8) is 0 Å². The van der Waals surface area contributed by atoms with E-state index in [1.54, 1.807) is 24.3 Å². The van der Waals surface area contributed by atoms with E-state index in [0.29, 0.717) is 40.0 Å². The van der Waals surface area contributed by atoms with Crippen LogP contribution in [0.4, 0.5) is 0 Å². The van der Waals surface area contributed by atoms with E-state index < -0.39 is 0 Å². The van der Waals surface area contributed by atoms with Crippen molar-refractivity contribution in [1.82, 2.24) is 19.9 Å². The van der Waals surface area contributed by atoms with Gasteiger partial charge in [0.2, 0.25) is 0 Å². The maximum atomic E-state index is 13.6. The molecule has 7 nitrogen and oxygen atoms in total. The van der Waals surface area contributed by atoms with Crippen LogP contribution in [0.25, 0.3) is 22.3 Å². The van der Waals surface area contributed by atoms with Crippen molar-refractivity contribution in [2.24, 2.45) is 5.92 Å². The van der Waals surface area contributed by atoms with E-state index in [4.69, 9.17) is 16.6 Å². The predicted octanol–water partition coefficient (Wildman–Crippen LogP) is 6.24. The van der Waals surface area contributed by atoms with Crippen molar-refractivity contribution in [2.75, 3.05) is 5.43 Å². The molecule has 1 aliphatic rings. The molecule has 0 saturated heterocycles. The van der Waals surface area contributed by atoms with Crippen LogP contribution in [0, 0.1) is 5.92 Å². The highest BCUT2D eigenvalue weighted by Gasteiger charge is 2.22. The molecule has 37 heavy (non-hydrogen) atoms. The molecule has 0 spiro atoms. The minimum absolute atomic E-state index is 0.0171. The molecular formula is C29H32ClN5O2. The van der Waals surface area contributed by atoms with Gasteiger partial charge in [-0.25, -0.2) is 9.66 Å². The summed E-state index contributed by atoms with van der Waals surface area (Å²) in [5.74, 6) is 0.783. The van der Waals surface area contributed by atoms with Crippen LogP contribution in [0.3, 0.4) is 0 Å². The molecule has 5 rings (SSSR count). The zero-order valence-electron chi connectivity index (χ0n) is 21.5. The molecule has 1 amide bonds. The Morgan fingerprint density at radius 3 is 2.41 bits per heavy atom. The van der Waals surface area contributed by atoms with Crippen molar-refractivity contribution in [2.45, 2.75) is 64.7 Å². The average Bonchev–Trinajstić information content (AvgIpc) is 3.55. The molecule has 8 heteroatoms. The first-order valence-corrected chi connectivity index (χ1v) is 13.3. The topological polar surface area (TPSA) is 92.7 Å². The van der Waals surface area contributed by atoms with Gasteiger partial charge in [0.1, 0.15) is 17.0 Å². The van der Waals surface area contributed by atoms with Gasteiger partial charge in [-0.1, -0.05) is 82.3 Å². The minimum atomic E-state index is -0.376. The molecule has 2 N–H and O–H groups in total. The summed E-state index contributed by atoms with van der Waals surface area (Å²) < 4.78 is 1.29. The molecule has 0 radical (unpaired) electrons. The molecule has 0 atom stereocenters. The van der Waals surface area contributed by atoms with E-state index >= 15 is 0 Å². The molecule has 2 aromatic heterocycles. The zero-order valence-corrected chi connectivity index (χ0v) is 22.2. The summed E-state index contributed by atoms with van der Waals surface area (Å²) in [6.07, 6.45) is 6.38. The summed E-state index contributed by atoms with van der Waals surface area (Å²) in [6, 6.07) is 14.8. The molecule has 0 unspecified atom stereocenters. The third kappa shape index (κ3) is 5.32. The molecule has 192 valence electrons. The lowest BCUT2D eigenvalue weighted by Gasteiger charge is -2.19. The Balaban J connectivity index is 1.52. The third-order valence-electron chi connectivity index (χ3n) is 7.25. The molecule has 1 fully saturated rings. The second-order valence-electron chi connectivity index (χ2n) is 10.9. The number of nitrogens with zero attached hydrogens (tertiary/aromatic N) is 3. The Bertz CT molecular complexity index is 1470. The fourth-order valence-corrected chi connectivity index (χ4v) is 5.14. The van der Waals surface area contributed by atoms with Crippen LogP contribution in [0.1, 0.15) is 74.6 Å². The van der Waals surface area contributed by atoms with E-state index in [-0.39, 0.29) is 22.4 Å². The van der Waals surface area contributed by atoms with Crippen LogP contribution in [0.15, 0.2) is 53.3 Å². The normalized spacial score (nSPS) is 14.4. The average molecular weight is 518 g/mol. The zero-order chi connectivity index (χ0) is 26.2. The Morgan fingerprint density at radius 1 is 1.08 bits per heavy atom. The van der Waals surface area contributed by atoms with E-state index in [2.05, 4.69) is 36.4 Å². The highest BCUT2D eigenvalue weighted by Crippen LogP contribution is 2.29. The smallest absolute Gasteiger partial charge is 0.270 e. The number of H-pyrrole nitrogens is 1. The monoisotopic (exact) mass is 517 g/mol. The number of benzene rings is 2. The lowest BCUT2D eigenvalue weighted by atomic mass is 9.87. The molecule has 1 saturated carbocycles. The van der Waals surface area contributed by atoms with Gasteiger partial charge in [0.25, 0.3) is 11.5 Å². The van der Waals surface area contributed by atoms with Gasteiger partial charge < -0.3 is 0 Å². The third-order valence-corrected chi connectivity index (χ3v) is 7.50. The van der Waals surface area contributed by atoms with Crippen LogP contribution in [-0.4, -0.2) is 25.8 Å². The summed E-state index contributed by atoms with van der Waals surface area (Å²) in [7, 11) is 0. The molecule has 0 aliphatic heterocycles. The van der Waals surface area contributed by atoms with Gasteiger partial charge in [-0.2, -0.15) is 5.10 Å². The molecule has 0 bridgehead atoms. The van der Waals surface area contributed by atoms with Gasteiger partial charge in [-0.3, -0.25) is 20.1 Å². The van der Waals surface area contributed by atoms with Crippen LogP contribution in [0.2, 0.25) is 5.02 Å². The van der Waals surface area contributed by atoms with Crippen molar-refractivity contribution in [3.05, 3.63) is 80.9 Å². The highest BCUT2D eigenvalue weighted by atomic mass is 35.5. The molecule has 2 aromatic carbocycles. The quantitative estimate of drug-likeness (QED) is 0.316. The number of rotatable bonds is 6. The van der Waals surface area contributed by atoms with Crippen molar-refractivity contribution in [1.29, 1.82) is 0 Å². The fourth-order valence-electron chi connectivity index (χ4n) is 5.01. The summed E-state index contributed by atoms with van der Waals surface area (Å²) in [6.45, 7) is 6.38. The Kier molecular flexibility index (Phi) is 6.90. The van der Waals surface area contributed by atoms with E-state index in [1.807, 2.05) is 24.3 Å². The summed E-state index contributed by atoms with van der Waals surface area (Å²) in [5, 5.41) is 7.85.